The Balaban J connectivity index is 1.92. The molecule has 0 radical (unpaired) electrons. The van der Waals surface area contributed by atoms with Crippen LogP contribution in [-0.4, -0.2) is 22.9 Å². The topological polar surface area (TPSA) is 72.6 Å². The minimum Gasteiger partial charge on any atom is -0.444 e. The monoisotopic (exact) mass is 246 g/mol. The van der Waals surface area contributed by atoms with Crippen molar-refractivity contribution < 1.29 is 14.3 Å². The molecule has 0 saturated carbocycles. The van der Waals surface area contributed by atoms with Crippen molar-refractivity contribution in [1.82, 2.24) is 4.90 Å². The molecule has 2 amide bonds. The molecular weight excluding hydrogens is 232 g/mol. The van der Waals surface area contributed by atoms with Crippen molar-refractivity contribution in [3.8, 4) is 0 Å². The number of carbonyl (C=O) groups excluding carboxylic acids is 2. The lowest BCUT2D eigenvalue weighted by Crippen LogP contribution is -2.42. The summed E-state index contributed by atoms with van der Waals surface area (Å²) in [7, 11) is 0. The summed E-state index contributed by atoms with van der Waals surface area (Å²) in [4.78, 5) is 24.1. The molecule has 5 heteroatoms. The third kappa shape index (κ3) is 2.68. The Labute approximate surface area is 105 Å². The Hall–Kier alpha value is -2.30. The highest BCUT2D eigenvalue weighted by Gasteiger charge is 2.30. The molecule has 18 heavy (non-hydrogen) atoms. The lowest BCUT2D eigenvalue weighted by atomic mass is 10.2. The van der Waals surface area contributed by atoms with E-state index in [4.69, 9.17) is 10.5 Å². The molecule has 1 aliphatic heterocycles. The summed E-state index contributed by atoms with van der Waals surface area (Å²) < 4.78 is 5.12. The van der Waals surface area contributed by atoms with E-state index in [1.807, 2.05) is 30.3 Å². The van der Waals surface area contributed by atoms with Crippen LogP contribution >= 0.6 is 0 Å². The predicted molar refractivity (Wildman–Crippen MR) is 65.2 cm³/mol. The van der Waals surface area contributed by atoms with Crippen LogP contribution in [0.25, 0.3) is 0 Å². The second-order valence-corrected chi connectivity index (χ2v) is 3.99. The Bertz CT molecular complexity index is 470. The van der Waals surface area contributed by atoms with Crippen molar-refractivity contribution in [2.45, 2.75) is 19.1 Å². The second kappa shape index (κ2) is 5.35. The third-order valence-electron chi connectivity index (χ3n) is 2.71. The quantitative estimate of drug-likeness (QED) is 0.876. The van der Waals surface area contributed by atoms with Gasteiger partial charge in [0.15, 0.2) is 0 Å². The number of hydrogen-bond donors (Lipinski definition) is 1. The van der Waals surface area contributed by atoms with Crippen LogP contribution < -0.4 is 5.73 Å². The maximum absolute atomic E-state index is 11.8. The van der Waals surface area contributed by atoms with E-state index >= 15 is 0 Å². The number of nitrogens with two attached hydrogens (primary N) is 1. The number of rotatable bonds is 3. The average molecular weight is 246 g/mol. The van der Waals surface area contributed by atoms with E-state index in [0.717, 1.165) is 5.56 Å². The van der Waals surface area contributed by atoms with Crippen LogP contribution in [0.4, 0.5) is 4.79 Å². The van der Waals surface area contributed by atoms with Gasteiger partial charge in [0.2, 0.25) is 5.91 Å². The minimum atomic E-state index is -0.631. The summed E-state index contributed by atoms with van der Waals surface area (Å²) >= 11 is 0. The van der Waals surface area contributed by atoms with Gasteiger partial charge in [-0.3, -0.25) is 9.69 Å². The first-order valence-electron chi connectivity index (χ1n) is 5.63. The number of benzene rings is 1. The number of carbonyl (C=O) groups is 2. The predicted octanol–water partition coefficient (Wildman–Crippen LogP) is 1.40. The van der Waals surface area contributed by atoms with Crippen LogP contribution in [0.2, 0.25) is 0 Å². The van der Waals surface area contributed by atoms with Gasteiger partial charge in [0.05, 0.1) is 0 Å². The fourth-order valence-corrected chi connectivity index (χ4v) is 1.76. The van der Waals surface area contributed by atoms with Crippen LogP contribution in [0.3, 0.4) is 0 Å². The first-order chi connectivity index (χ1) is 8.68. The van der Waals surface area contributed by atoms with Crippen molar-refractivity contribution in [2.75, 3.05) is 0 Å². The van der Waals surface area contributed by atoms with Crippen LogP contribution in [0, 0.1) is 0 Å². The Morgan fingerprint density at radius 3 is 2.72 bits per heavy atom. The summed E-state index contributed by atoms with van der Waals surface area (Å²) in [5.41, 5.74) is 6.10. The lowest BCUT2D eigenvalue weighted by Gasteiger charge is -2.20. The molecule has 1 aromatic carbocycles. The number of ether oxygens (including phenoxy) is 1. The van der Waals surface area contributed by atoms with Gasteiger partial charge < -0.3 is 10.5 Å². The molecule has 0 saturated heterocycles. The molecule has 0 unspecified atom stereocenters. The highest BCUT2D eigenvalue weighted by Crippen LogP contribution is 2.16. The lowest BCUT2D eigenvalue weighted by molar-refractivity contribution is -0.121. The molecule has 1 aromatic rings. The fraction of sp³-hybridized carbons (Fsp3) is 0.231. The molecule has 0 fully saturated rings. The maximum atomic E-state index is 11.8. The van der Waals surface area contributed by atoms with Gasteiger partial charge in [0.25, 0.3) is 0 Å². The van der Waals surface area contributed by atoms with Crippen molar-refractivity contribution in [3.63, 3.8) is 0 Å². The molecule has 0 aromatic heterocycles. The molecule has 5 nitrogen and oxygen atoms in total. The normalized spacial score (nSPS) is 17.8. The molecule has 1 heterocycles. The van der Waals surface area contributed by atoms with E-state index in [1.165, 1.54) is 11.1 Å². The Morgan fingerprint density at radius 2 is 2.06 bits per heavy atom. The zero-order valence-electron chi connectivity index (χ0n) is 9.78. The molecule has 94 valence electrons. The van der Waals surface area contributed by atoms with Gasteiger partial charge in [-0.15, -0.1) is 0 Å². The van der Waals surface area contributed by atoms with Crippen LogP contribution in [-0.2, 0) is 16.1 Å². The fourth-order valence-electron chi connectivity index (χ4n) is 1.76. The van der Waals surface area contributed by atoms with E-state index in [-0.39, 0.29) is 6.61 Å². The third-order valence-corrected chi connectivity index (χ3v) is 2.71. The minimum absolute atomic E-state index is 0.176. The van der Waals surface area contributed by atoms with E-state index in [2.05, 4.69) is 0 Å². The molecule has 1 atom stereocenters. The zero-order valence-corrected chi connectivity index (χ0v) is 9.78. The number of nitrogens with zero attached hydrogens (tertiary/aromatic N) is 1. The van der Waals surface area contributed by atoms with Crippen molar-refractivity contribution >= 4 is 12.0 Å². The maximum Gasteiger partial charge on any atom is 0.414 e. The van der Waals surface area contributed by atoms with Crippen LogP contribution in [0.15, 0.2) is 42.6 Å². The summed E-state index contributed by atoms with van der Waals surface area (Å²) in [5, 5.41) is 0. The van der Waals surface area contributed by atoms with E-state index in [9.17, 15) is 9.59 Å². The second-order valence-electron chi connectivity index (χ2n) is 3.99. The number of primary amides is 1. The van der Waals surface area contributed by atoms with Crippen molar-refractivity contribution in [3.05, 3.63) is 48.2 Å². The molecule has 0 aliphatic carbocycles. The van der Waals surface area contributed by atoms with E-state index in [1.54, 1.807) is 6.08 Å². The molecule has 1 aliphatic rings. The van der Waals surface area contributed by atoms with Gasteiger partial charge in [0.1, 0.15) is 12.6 Å². The summed E-state index contributed by atoms with van der Waals surface area (Å²) in [5.74, 6) is -0.531. The van der Waals surface area contributed by atoms with Gasteiger partial charge in [0, 0.05) is 6.20 Å². The summed E-state index contributed by atoms with van der Waals surface area (Å²) in [6.07, 6.45) is 3.13. The largest absolute Gasteiger partial charge is 0.444 e. The van der Waals surface area contributed by atoms with Crippen molar-refractivity contribution in [1.29, 1.82) is 0 Å². The molecule has 0 spiro atoms. The number of amides is 2. The van der Waals surface area contributed by atoms with Gasteiger partial charge >= 0.3 is 6.09 Å². The molecule has 0 bridgehead atoms. The standard InChI is InChI=1S/C13H14N2O3/c14-12(16)11-7-4-8-15(11)13(17)18-9-10-5-2-1-3-6-10/h1-6,8,11H,7,9H2,(H2,14,16)/t11-/m0/s1. The molecule has 2 N–H and O–H groups in total. The SMILES string of the molecule is NC(=O)[C@@H]1CC=CN1C(=O)OCc1ccccc1. The smallest absolute Gasteiger partial charge is 0.414 e. The molecule has 2 rings (SSSR count). The summed E-state index contributed by atoms with van der Waals surface area (Å²) in [6, 6.07) is 8.71. The highest BCUT2D eigenvalue weighted by molar-refractivity contribution is 5.85. The highest BCUT2D eigenvalue weighted by atomic mass is 16.6. The van der Waals surface area contributed by atoms with Crippen molar-refractivity contribution in [2.24, 2.45) is 5.73 Å². The van der Waals surface area contributed by atoms with Crippen LogP contribution in [0.5, 0.6) is 0 Å². The van der Waals surface area contributed by atoms with Crippen LogP contribution in [0.1, 0.15) is 12.0 Å². The Morgan fingerprint density at radius 1 is 1.33 bits per heavy atom. The average Bonchev–Trinajstić information content (AvgIpc) is 2.86. The van der Waals surface area contributed by atoms with Gasteiger partial charge in [-0.05, 0) is 12.0 Å². The molecular formula is C13H14N2O3. The van der Waals surface area contributed by atoms with E-state index < -0.39 is 18.0 Å². The first kappa shape index (κ1) is 12.2. The van der Waals surface area contributed by atoms with E-state index in [0.29, 0.717) is 6.42 Å². The van der Waals surface area contributed by atoms with Gasteiger partial charge in [-0.2, -0.15) is 0 Å². The number of hydrogen-bond acceptors (Lipinski definition) is 3. The first-order valence-corrected chi connectivity index (χ1v) is 5.63. The van der Waals surface area contributed by atoms with Gasteiger partial charge in [-0.25, -0.2) is 4.79 Å². The Kier molecular flexibility index (Phi) is 3.62. The summed E-state index contributed by atoms with van der Waals surface area (Å²) in [6.45, 7) is 0.176. The zero-order chi connectivity index (χ0) is 13.0. The van der Waals surface area contributed by atoms with Gasteiger partial charge in [-0.1, -0.05) is 36.4 Å².